The van der Waals surface area contributed by atoms with E-state index in [4.69, 9.17) is 0 Å². The minimum absolute atomic E-state index is 0.167. The smallest absolute Gasteiger partial charge is 0.267 e. The molecule has 90 valence electrons. The minimum Gasteiger partial charge on any atom is -0.267 e. The van der Waals surface area contributed by atoms with Crippen LogP contribution in [0.3, 0.4) is 0 Å². The number of aromatic amines is 1. The Labute approximate surface area is 107 Å². The van der Waals surface area contributed by atoms with Crippen LogP contribution in [0.25, 0.3) is 21.5 Å². The number of aryl methyl sites for hydroxylation is 2. The number of thiazole rings is 1. The van der Waals surface area contributed by atoms with Gasteiger partial charge in [0.25, 0.3) is 5.56 Å². The van der Waals surface area contributed by atoms with Gasteiger partial charge in [0.05, 0.1) is 11.1 Å². The molecular weight excluding hydrogens is 246 g/mol. The SMILES string of the molecule is Cc1nc(-c2n[nH]c(=O)c3ccccc23)sc1C. The number of aromatic nitrogens is 3. The molecule has 5 heteroatoms. The lowest BCUT2D eigenvalue weighted by Gasteiger charge is -2.00. The van der Waals surface area contributed by atoms with Crippen LogP contribution < -0.4 is 5.56 Å². The molecule has 0 atom stereocenters. The molecule has 0 aliphatic heterocycles. The lowest BCUT2D eigenvalue weighted by atomic mass is 10.1. The third-order valence-electron chi connectivity index (χ3n) is 2.93. The lowest BCUT2D eigenvalue weighted by molar-refractivity contribution is 1.01. The highest BCUT2D eigenvalue weighted by Crippen LogP contribution is 2.29. The van der Waals surface area contributed by atoms with Gasteiger partial charge in [-0.05, 0) is 19.9 Å². The van der Waals surface area contributed by atoms with Crippen molar-refractivity contribution in [2.45, 2.75) is 13.8 Å². The zero-order valence-electron chi connectivity index (χ0n) is 10.0. The molecule has 0 spiro atoms. The van der Waals surface area contributed by atoms with Crippen LogP contribution in [0.2, 0.25) is 0 Å². The Hall–Kier alpha value is -2.01. The molecule has 3 aromatic rings. The largest absolute Gasteiger partial charge is 0.272 e. The number of rotatable bonds is 1. The first kappa shape index (κ1) is 11.1. The highest BCUT2D eigenvalue weighted by molar-refractivity contribution is 7.15. The quantitative estimate of drug-likeness (QED) is 0.729. The van der Waals surface area contributed by atoms with Crippen molar-refractivity contribution in [3.63, 3.8) is 0 Å². The van der Waals surface area contributed by atoms with Crippen LogP contribution in [0.4, 0.5) is 0 Å². The van der Waals surface area contributed by atoms with Gasteiger partial charge in [-0.1, -0.05) is 18.2 Å². The Balaban J connectivity index is 2.36. The van der Waals surface area contributed by atoms with E-state index in [0.29, 0.717) is 5.39 Å². The molecule has 4 nitrogen and oxygen atoms in total. The molecule has 3 rings (SSSR count). The van der Waals surface area contributed by atoms with Crippen molar-refractivity contribution in [2.75, 3.05) is 0 Å². The van der Waals surface area contributed by atoms with E-state index in [2.05, 4.69) is 15.2 Å². The van der Waals surface area contributed by atoms with Crippen LogP contribution in [-0.4, -0.2) is 15.2 Å². The van der Waals surface area contributed by atoms with Gasteiger partial charge >= 0.3 is 0 Å². The molecule has 0 bridgehead atoms. The first-order valence-corrected chi connectivity index (χ1v) is 6.40. The van der Waals surface area contributed by atoms with Crippen LogP contribution in [0.1, 0.15) is 10.6 Å². The van der Waals surface area contributed by atoms with E-state index in [1.54, 1.807) is 17.4 Å². The summed E-state index contributed by atoms with van der Waals surface area (Å²) in [6.07, 6.45) is 0. The number of hydrogen-bond acceptors (Lipinski definition) is 4. The van der Waals surface area contributed by atoms with E-state index in [1.807, 2.05) is 32.0 Å². The van der Waals surface area contributed by atoms with Crippen molar-refractivity contribution in [3.8, 4) is 10.7 Å². The van der Waals surface area contributed by atoms with E-state index >= 15 is 0 Å². The van der Waals surface area contributed by atoms with Crippen molar-refractivity contribution >= 4 is 22.1 Å². The van der Waals surface area contributed by atoms with E-state index in [-0.39, 0.29) is 5.56 Å². The number of benzene rings is 1. The Morgan fingerprint density at radius 3 is 2.56 bits per heavy atom. The van der Waals surface area contributed by atoms with Crippen molar-refractivity contribution in [3.05, 3.63) is 45.2 Å². The average Bonchev–Trinajstić information content (AvgIpc) is 2.70. The normalized spacial score (nSPS) is 11.0. The second-order valence-corrected chi connectivity index (χ2v) is 5.31. The molecule has 0 amide bonds. The molecule has 1 N–H and O–H groups in total. The fourth-order valence-corrected chi connectivity index (χ4v) is 2.77. The molecule has 0 radical (unpaired) electrons. The van der Waals surface area contributed by atoms with Gasteiger partial charge in [0.1, 0.15) is 10.7 Å². The zero-order chi connectivity index (χ0) is 12.7. The summed E-state index contributed by atoms with van der Waals surface area (Å²) in [7, 11) is 0. The number of nitrogens with zero attached hydrogens (tertiary/aromatic N) is 2. The highest BCUT2D eigenvalue weighted by Gasteiger charge is 2.12. The van der Waals surface area contributed by atoms with Crippen LogP contribution in [0.15, 0.2) is 29.1 Å². The molecule has 0 aliphatic rings. The van der Waals surface area contributed by atoms with E-state index in [9.17, 15) is 4.79 Å². The van der Waals surface area contributed by atoms with Crippen molar-refractivity contribution in [2.24, 2.45) is 0 Å². The third kappa shape index (κ3) is 1.64. The third-order valence-corrected chi connectivity index (χ3v) is 4.01. The maximum Gasteiger partial charge on any atom is 0.272 e. The van der Waals surface area contributed by atoms with Gasteiger partial charge in [0, 0.05) is 10.3 Å². The summed E-state index contributed by atoms with van der Waals surface area (Å²) in [4.78, 5) is 17.4. The topological polar surface area (TPSA) is 58.6 Å². The Kier molecular flexibility index (Phi) is 2.48. The molecular formula is C13H11N3OS. The van der Waals surface area contributed by atoms with Gasteiger partial charge in [-0.15, -0.1) is 11.3 Å². The van der Waals surface area contributed by atoms with Crippen LogP contribution in [-0.2, 0) is 0 Å². The van der Waals surface area contributed by atoms with Gasteiger partial charge in [-0.25, -0.2) is 10.1 Å². The maximum atomic E-state index is 11.7. The summed E-state index contributed by atoms with van der Waals surface area (Å²) in [6.45, 7) is 4.01. The standard InChI is InChI=1S/C13H11N3OS/c1-7-8(2)18-13(14-7)11-9-5-3-4-6-10(9)12(17)16-15-11/h3-6H,1-2H3,(H,16,17). The molecule has 18 heavy (non-hydrogen) atoms. The molecule has 0 aliphatic carbocycles. The van der Waals surface area contributed by atoms with Crippen molar-refractivity contribution in [1.29, 1.82) is 0 Å². The Morgan fingerprint density at radius 2 is 1.89 bits per heavy atom. The molecule has 2 aromatic heterocycles. The summed E-state index contributed by atoms with van der Waals surface area (Å²) in [5.74, 6) is 0. The summed E-state index contributed by atoms with van der Waals surface area (Å²) in [5.41, 5.74) is 1.58. The maximum absolute atomic E-state index is 11.7. The molecule has 0 unspecified atom stereocenters. The molecule has 0 saturated heterocycles. The number of hydrogen-bond donors (Lipinski definition) is 1. The monoisotopic (exact) mass is 257 g/mol. The first-order chi connectivity index (χ1) is 8.66. The fraction of sp³-hybridized carbons (Fsp3) is 0.154. The van der Waals surface area contributed by atoms with Crippen LogP contribution >= 0.6 is 11.3 Å². The highest BCUT2D eigenvalue weighted by atomic mass is 32.1. The van der Waals surface area contributed by atoms with E-state index in [0.717, 1.165) is 21.8 Å². The Morgan fingerprint density at radius 1 is 1.17 bits per heavy atom. The predicted molar refractivity (Wildman–Crippen MR) is 72.9 cm³/mol. The van der Waals surface area contributed by atoms with Crippen molar-refractivity contribution < 1.29 is 0 Å². The fourth-order valence-electron chi connectivity index (χ4n) is 1.85. The summed E-state index contributed by atoms with van der Waals surface area (Å²) in [5, 5.41) is 9.01. The second kappa shape index (κ2) is 4.03. The van der Waals surface area contributed by atoms with Crippen LogP contribution in [0, 0.1) is 13.8 Å². The van der Waals surface area contributed by atoms with E-state index in [1.165, 1.54) is 4.88 Å². The molecule has 0 saturated carbocycles. The molecule has 1 aromatic carbocycles. The summed E-state index contributed by atoms with van der Waals surface area (Å²) in [6, 6.07) is 7.45. The van der Waals surface area contributed by atoms with Gasteiger partial charge in [0.2, 0.25) is 0 Å². The predicted octanol–water partition coefficient (Wildman–Crippen LogP) is 2.66. The van der Waals surface area contributed by atoms with Gasteiger partial charge in [-0.2, -0.15) is 5.10 Å². The average molecular weight is 257 g/mol. The second-order valence-electron chi connectivity index (χ2n) is 4.11. The minimum atomic E-state index is -0.167. The molecule has 0 fully saturated rings. The van der Waals surface area contributed by atoms with Gasteiger partial charge in [-0.3, -0.25) is 4.79 Å². The first-order valence-electron chi connectivity index (χ1n) is 5.58. The number of fused-ring (bicyclic) bond motifs is 1. The van der Waals surface area contributed by atoms with E-state index < -0.39 is 0 Å². The van der Waals surface area contributed by atoms with Gasteiger partial charge < -0.3 is 0 Å². The lowest BCUT2D eigenvalue weighted by Crippen LogP contribution is -2.09. The Bertz CT molecular complexity index is 769. The van der Waals surface area contributed by atoms with Crippen molar-refractivity contribution in [1.82, 2.24) is 15.2 Å². The molecule has 2 heterocycles. The zero-order valence-corrected chi connectivity index (χ0v) is 10.8. The van der Waals surface area contributed by atoms with Gasteiger partial charge in [0.15, 0.2) is 0 Å². The number of H-pyrrole nitrogens is 1. The number of nitrogens with one attached hydrogen (secondary N) is 1. The van der Waals surface area contributed by atoms with Crippen LogP contribution in [0.5, 0.6) is 0 Å². The summed E-state index contributed by atoms with van der Waals surface area (Å²) < 4.78 is 0. The summed E-state index contributed by atoms with van der Waals surface area (Å²) >= 11 is 1.59.